The van der Waals surface area contributed by atoms with E-state index in [1.165, 1.54) is 4.31 Å². The smallest absolute Gasteiger partial charge is 0.304 e. The Hall–Kier alpha value is -0.620. The zero-order valence-electron chi connectivity index (χ0n) is 10.3. The van der Waals surface area contributed by atoms with Gasteiger partial charge in [0.15, 0.2) is 0 Å². The number of nitrogens with zero attached hydrogens (tertiary/aromatic N) is 1. The Morgan fingerprint density at radius 1 is 1.25 bits per heavy atom. The maximum atomic E-state index is 11.9. The summed E-state index contributed by atoms with van der Waals surface area (Å²) in [7, 11) is -3.35. The van der Waals surface area contributed by atoms with Crippen LogP contribution in [0.25, 0.3) is 0 Å². The van der Waals surface area contributed by atoms with Gasteiger partial charge in [-0.3, -0.25) is 4.79 Å². The molecule has 0 atom stereocenters. The van der Waals surface area contributed by atoms with Crippen LogP contribution in [0.5, 0.6) is 0 Å². The molecule has 0 fully saturated rings. The van der Waals surface area contributed by atoms with E-state index >= 15 is 0 Å². The summed E-state index contributed by atoms with van der Waals surface area (Å²) in [5.74, 6) is -0.883. The van der Waals surface area contributed by atoms with Crippen molar-refractivity contribution in [1.82, 2.24) is 4.31 Å². The van der Waals surface area contributed by atoms with Gasteiger partial charge in [0.1, 0.15) is 0 Å². The van der Waals surface area contributed by atoms with E-state index in [2.05, 4.69) is 0 Å². The molecule has 0 aromatic rings. The van der Waals surface area contributed by atoms with Crippen LogP contribution >= 0.6 is 0 Å². The van der Waals surface area contributed by atoms with Crippen molar-refractivity contribution < 1.29 is 18.3 Å². The molecule has 0 aliphatic rings. The predicted molar refractivity (Wildman–Crippen MR) is 62.7 cm³/mol. The average Bonchev–Trinajstić information content (AvgIpc) is 1.98. The summed E-state index contributed by atoms with van der Waals surface area (Å²) in [4.78, 5) is 10.5. The molecule has 0 heterocycles. The van der Waals surface area contributed by atoms with Gasteiger partial charge in [0.2, 0.25) is 10.0 Å². The normalized spacial score (nSPS) is 12.7. The fraction of sp³-hybridized carbons (Fsp3) is 0.900. The van der Waals surface area contributed by atoms with Crippen molar-refractivity contribution in [3.8, 4) is 0 Å². The van der Waals surface area contributed by atoms with Gasteiger partial charge in [-0.15, -0.1) is 0 Å². The highest BCUT2D eigenvalue weighted by Gasteiger charge is 2.25. The molecule has 0 bridgehead atoms. The number of carboxylic acid groups (broad SMARTS) is 1. The summed E-state index contributed by atoms with van der Waals surface area (Å²) >= 11 is 0. The summed E-state index contributed by atoms with van der Waals surface area (Å²) in [6, 6.07) is -0.205. The van der Waals surface area contributed by atoms with Gasteiger partial charge in [-0.25, -0.2) is 8.42 Å². The molecule has 0 unspecified atom stereocenters. The highest BCUT2D eigenvalue weighted by molar-refractivity contribution is 7.89. The molecule has 0 aromatic carbocycles. The molecule has 0 spiro atoms. The highest BCUT2D eigenvalue weighted by atomic mass is 32.2. The fourth-order valence-corrected chi connectivity index (χ4v) is 3.49. The molecule has 0 radical (unpaired) electrons. The summed E-state index contributed by atoms with van der Waals surface area (Å²) in [6.07, 6.45) is -0.157. The number of hydrogen-bond donors (Lipinski definition) is 1. The molecule has 6 heteroatoms. The van der Waals surface area contributed by atoms with Crippen LogP contribution in [-0.4, -0.2) is 42.1 Å². The zero-order valence-corrected chi connectivity index (χ0v) is 11.1. The van der Waals surface area contributed by atoms with Gasteiger partial charge in [0.05, 0.1) is 12.2 Å². The van der Waals surface area contributed by atoms with E-state index in [9.17, 15) is 13.2 Å². The first kappa shape index (κ1) is 15.4. The first-order valence-corrected chi connectivity index (χ1v) is 6.99. The standard InChI is InChI=1S/C10H21NO4S/c1-8(2)7-16(14,15)11(9(3)4)6-5-10(12)13/h8-9H,5-7H2,1-4H3,(H,12,13). The maximum absolute atomic E-state index is 11.9. The second-order valence-electron chi connectivity index (χ2n) is 4.52. The van der Waals surface area contributed by atoms with Gasteiger partial charge in [-0.05, 0) is 19.8 Å². The number of carboxylic acids is 1. The van der Waals surface area contributed by atoms with Crippen LogP contribution in [0.4, 0.5) is 0 Å². The lowest BCUT2D eigenvalue weighted by atomic mass is 10.3. The molecule has 5 nitrogen and oxygen atoms in total. The van der Waals surface area contributed by atoms with Crippen LogP contribution in [0.15, 0.2) is 0 Å². The Morgan fingerprint density at radius 2 is 1.75 bits per heavy atom. The molecule has 0 aliphatic heterocycles. The molecule has 1 N–H and O–H groups in total. The van der Waals surface area contributed by atoms with Crippen molar-refractivity contribution in [3.63, 3.8) is 0 Å². The third-order valence-corrected chi connectivity index (χ3v) is 4.43. The van der Waals surface area contributed by atoms with Crippen molar-refractivity contribution in [2.45, 2.75) is 40.2 Å². The molecule has 0 aliphatic carbocycles. The van der Waals surface area contributed by atoms with E-state index in [1.54, 1.807) is 13.8 Å². The monoisotopic (exact) mass is 251 g/mol. The molecule has 0 saturated carbocycles. The van der Waals surface area contributed by atoms with E-state index in [-0.39, 0.29) is 30.7 Å². The predicted octanol–water partition coefficient (Wildman–Crippen LogP) is 1.16. The van der Waals surface area contributed by atoms with Crippen molar-refractivity contribution in [3.05, 3.63) is 0 Å². The van der Waals surface area contributed by atoms with Crippen molar-refractivity contribution in [2.24, 2.45) is 5.92 Å². The number of hydrogen-bond acceptors (Lipinski definition) is 3. The van der Waals surface area contributed by atoms with Gasteiger partial charge >= 0.3 is 5.97 Å². The lowest BCUT2D eigenvalue weighted by Crippen LogP contribution is -2.40. The molecule has 0 aromatic heterocycles. The highest BCUT2D eigenvalue weighted by Crippen LogP contribution is 2.11. The summed E-state index contributed by atoms with van der Waals surface area (Å²) in [5.41, 5.74) is 0. The molecule has 0 saturated heterocycles. The Morgan fingerprint density at radius 3 is 2.06 bits per heavy atom. The van der Waals surface area contributed by atoms with Crippen LogP contribution in [-0.2, 0) is 14.8 Å². The van der Waals surface area contributed by atoms with E-state index in [1.807, 2.05) is 13.8 Å². The minimum atomic E-state index is -3.35. The number of sulfonamides is 1. The van der Waals surface area contributed by atoms with Gasteiger partial charge in [-0.2, -0.15) is 4.31 Å². The minimum absolute atomic E-state index is 0.0380. The lowest BCUT2D eigenvalue weighted by Gasteiger charge is -2.26. The summed E-state index contributed by atoms with van der Waals surface area (Å²) < 4.78 is 25.1. The Labute approximate surface area is 97.5 Å². The third kappa shape index (κ3) is 5.46. The van der Waals surface area contributed by atoms with E-state index in [0.29, 0.717) is 0 Å². The minimum Gasteiger partial charge on any atom is -0.481 e. The Bertz CT molecular complexity index is 322. The first-order valence-electron chi connectivity index (χ1n) is 5.38. The average molecular weight is 251 g/mol. The number of rotatable bonds is 7. The largest absolute Gasteiger partial charge is 0.481 e. The molecule has 0 rings (SSSR count). The van der Waals surface area contributed by atoms with Crippen molar-refractivity contribution in [1.29, 1.82) is 0 Å². The quantitative estimate of drug-likeness (QED) is 0.736. The van der Waals surface area contributed by atoms with Crippen molar-refractivity contribution in [2.75, 3.05) is 12.3 Å². The Balaban J connectivity index is 4.70. The van der Waals surface area contributed by atoms with Gasteiger partial charge in [-0.1, -0.05) is 13.8 Å². The SMILES string of the molecule is CC(C)CS(=O)(=O)N(CCC(=O)O)C(C)C. The van der Waals surface area contributed by atoms with Crippen LogP contribution in [0.3, 0.4) is 0 Å². The van der Waals surface area contributed by atoms with Crippen molar-refractivity contribution >= 4 is 16.0 Å². The summed E-state index contributed by atoms with van der Waals surface area (Å²) in [6.45, 7) is 7.20. The van der Waals surface area contributed by atoms with Crippen LogP contribution in [0, 0.1) is 5.92 Å². The second kappa shape index (κ2) is 6.20. The van der Waals surface area contributed by atoms with E-state index in [4.69, 9.17) is 5.11 Å². The lowest BCUT2D eigenvalue weighted by molar-refractivity contribution is -0.137. The molecule has 16 heavy (non-hydrogen) atoms. The topological polar surface area (TPSA) is 74.7 Å². The van der Waals surface area contributed by atoms with E-state index < -0.39 is 16.0 Å². The van der Waals surface area contributed by atoms with Crippen LogP contribution in [0.2, 0.25) is 0 Å². The molecular weight excluding hydrogens is 230 g/mol. The number of aliphatic carboxylic acids is 1. The van der Waals surface area contributed by atoms with Crippen LogP contribution < -0.4 is 0 Å². The van der Waals surface area contributed by atoms with Gasteiger partial charge in [0.25, 0.3) is 0 Å². The fourth-order valence-electron chi connectivity index (χ4n) is 1.44. The molecule has 96 valence electrons. The third-order valence-electron chi connectivity index (χ3n) is 2.02. The molecular formula is C10H21NO4S. The summed E-state index contributed by atoms with van der Waals surface area (Å²) in [5, 5.41) is 8.57. The zero-order chi connectivity index (χ0) is 12.9. The van der Waals surface area contributed by atoms with Gasteiger partial charge in [0, 0.05) is 12.6 Å². The number of carbonyl (C=O) groups is 1. The first-order chi connectivity index (χ1) is 7.16. The van der Waals surface area contributed by atoms with Crippen LogP contribution in [0.1, 0.15) is 34.1 Å². The molecule has 0 amide bonds. The Kier molecular flexibility index (Phi) is 5.96. The van der Waals surface area contributed by atoms with E-state index in [0.717, 1.165) is 0 Å². The second-order valence-corrected chi connectivity index (χ2v) is 6.49. The van der Waals surface area contributed by atoms with Gasteiger partial charge < -0.3 is 5.11 Å². The maximum Gasteiger partial charge on any atom is 0.304 e.